The normalized spacial score (nSPS) is 17.2. The lowest BCUT2D eigenvalue weighted by Crippen LogP contribution is -2.22. The van der Waals surface area contributed by atoms with Gasteiger partial charge in [-0.25, -0.2) is 4.79 Å². The SMILES string of the molecule is CCOC(=O)C1=NO[C@@H](COc2ccc(Cl)cc2/C=N/O)C1. The lowest BCUT2D eigenvalue weighted by molar-refractivity contribution is -0.135. The summed E-state index contributed by atoms with van der Waals surface area (Å²) in [6.07, 6.45) is 1.15. The average Bonchev–Trinajstić information content (AvgIpc) is 2.96. The van der Waals surface area contributed by atoms with Crippen molar-refractivity contribution in [1.29, 1.82) is 0 Å². The van der Waals surface area contributed by atoms with Gasteiger partial charge in [-0.3, -0.25) is 0 Å². The molecule has 1 aromatic carbocycles. The molecule has 1 aliphatic heterocycles. The summed E-state index contributed by atoms with van der Waals surface area (Å²) in [6.45, 7) is 2.19. The molecule has 118 valence electrons. The van der Waals surface area contributed by atoms with Crippen LogP contribution in [0.5, 0.6) is 5.75 Å². The molecule has 22 heavy (non-hydrogen) atoms. The van der Waals surface area contributed by atoms with E-state index < -0.39 is 5.97 Å². The van der Waals surface area contributed by atoms with Crippen LogP contribution < -0.4 is 4.74 Å². The molecule has 0 aliphatic carbocycles. The van der Waals surface area contributed by atoms with Gasteiger partial charge in [-0.2, -0.15) is 0 Å². The van der Waals surface area contributed by atoms with E-state index in [2.05, 4.69) is 10.3 Å². The van der Waals surface area contributed by atoms with Crippen molar-refractivity contribution in [3.63, 3.8) is 0 Å². The van der Waals surface area contributed by atoms with Gasteiger partial charge >= 0.3 is 5.97 Å². The third kappa shape index (κ3) is 4.11. The smallest absolute Gasteiger partial charge is 0.356 e. The lowest BCUT2D eigenvalue weighted by Gasteiger charge is -2.12. The fourth-order valence-corrected chi connectivity index (χ4v) is 2.03. The number of esters is 1. The Labute approximate surface area is 132 Å². The van der Waals surface area contributed by atoms with Crippen LogP contribution in [0.4, 0.5) is 0 Å². The van der Waals surface area contributed by atoms with E-state index in [-0.39, 0.29) is 25.0 Å². The Morgan fingerprint density at radius 1 is 1.64 bits per heavy atom. The third-order valence-electron chi connectivity index (χ3n) is 2.84. The van der Waals surface area contributed by atoms with Crippen LogP contribution in [0.3, 0.4) is 0 Å². The first-order chi connectivity index (χ1) is 10.6. The van der Waals surface area contributed by atoms with Crippen LogP contribution in [0.15, 0.2) is 28.5 Å². The van der Waals surface area contributed by atoms with E-state index in [1.807, 2.05) is 0 Å². The molecule has 0 saturated heterocycles. The van der Waals surface area contributed by atoms with E-state index in [0.29, 0.717) is 22.8 Å². The zero-order chi connectivity index (χ0) is 15.9. The number of benzene rings is 1. The first-order valence-corrected chi connectivity index (χ1v) is 7.01. The van der Waals surface area contributed by atoms with Crippen molar-refractivity contribution in [3.05, 3.63) is 28.8 Å². The van der Waals surface area contributed by atoms with Gasteiger partial charge in [0.25, 0.3) is 0 Å². The molecule has 1 N–H and O–H groups in total. The maximum atomic E-state index is 11.5. The summed E-state index contributed by atoms with van der Waals surface area (Å²) in [5.74, 6) is -0.0000180. The Hall–Kier alpha value is -2.28. The quantitative estimate of drug-likeness (QED) is 0.375. The number of nitrogens with zero attached hydrogens (tertiary/aromatic N) is 2. The Morgan fingerprint density at radius 3 is 3.18 bits per heavy atom. The predicted octanol–water partition coefficient (Wildman–Crippen LogP) is 2.23. The number of oxime groups is 2. The van der Waals surface area contributed by atoms with E-state index in [9.17, 15) is 4.79 Å². The summed E-state index contributed by atoms with van der Waals surface area (Å²) in [4.78, 5) is 16.6. The van der Waals surface area contributed by atoms with Crippen molar-refractivity contribution < 1.29 is 24.3 Å². The largest absolute Gasteiger partial charge is 0.489 e. The van der Waals surface area contributed by atoms with Crippen molar-refractivity contribution in [2.75, 3.05) is 13.2 Å². The van der Waals surface area contributed by atoms with E-state index in [1.165, 1.54) is 6.21 Å². The van der Waals surface area contributed by atoms with Crippen molar-refractivity contribution in [2.45, 2.75) is 19.4 Å². The molecule has 0 spiro atoms. The summed E-state index contributed by atoms with van der Waals surface area (Å²) in [5, 5.41) is 15.8. The number of carbonyl (C=O) groups is 1. The van der Waals surface area contributed by atoms with Gasteiger partial charge in [0.2, 0.25) is 0 Å². The van der Waals surface area contributed by atoms with Crippen LogP contribution in [0, 0.1) is 0 Å². The number of carbonyl (C=O) groups excluding carboxylic acids is 1. The third-order valence-corrected chi connectivity index (χ3v) is 3.07. The average molecular weight is 327 g/mol. The van der Waals surface area contributed by atoms with Crippen molar-refractivity contribution in [2.24, 2.45) is 10.3 Å². The second-order valence-electron chi connectivity index (χ2n) is 4.43. The summed E-state index contributed by atoms with van der Waals surface area (Å²) in [6, 6.07) is 4.91. The highest BCUT2D eigenvalue weighted by Crippen LogP contribution is 2.22. The second kappa shape index (κ2) is 7.65. The molecule has 0 aromatic heterocycles. The van der Waals surface area contributed by atoms with Crippen LogP contribution in [-0.4, -0.2) is 42.4 Å². The number of halogens is 1. The molecule has 1 aliphatic rings. The van der Waals surface area contributed by atoms with Crippen molar-refractivity contribution >= 4 is 29.5 Å². The standard InChI is InChI=1S/C14H15ClN2O5/c1-2-20-14(18)12-6-11(22-17-12)8-21-13-4-3-10(15)5-9(13)7-16-19/h3-5,7,11,19H,2,6,8H2,1H3/b16-7+/t11-/m1/s1. The van der Waals surface area contributed by atoms with Crippen molar-refractivity contribution in [3.8, 4) is 5.75 Å². The van der Waals surface area contributed by atoms with Crippen LogP contribution in [0.2, 0.25) is 5.02 Å². The van der Waals surface area contributed by atoms with Crippen LogP contribution in [0.1, 0.15) is 18.9 Å². The fraction of sp³-hybridized carbons (Fsp3) is 0.357. The van der Waals surface area contributed by atoms with Crippen LogP contribution in [0.25, 0.3) is 0 Å². The molecule has 0 bridgehead atoms. The number of hydrogen-bond acceptors (Lipinski definition) is 7. The molecule has 7 nitrogen and oxygen atoms in total. The van der Waals surface area contributed by atoms with Gasteiger partial charge in [-0.15, -0.1) is 0 Å². The van der Waals surface area contributed by atoms with Gasteiger partial charge < -0.3 is 19.5 Å². The highest BCUT2D eigenvalue weighted by atomic mass is 35.5. The summed E-state index contributed by atoms with van der Waals surface area (Å²) < 4.78 is 10.5. The molecule has 0 unspecified atom stereocenters. The predicted molar refractivity (Wildman–Crippen MR) is 79.9 cm³/mol. The monoisotopic (exact) mass is 326 g/mol. The highest BCUT2D eigenvalue weighted by Gasteiger charge is 2.27. The maximum Gasteiger partial charge on any atom is 0.356 e. The first kappa shape index (κ1) is 16.1. The van der Waals surface area contributed by atoms with Crippen molar-refractivity contribution in [1.82, 2.24) is 0 Å². The molecule has 1 aromatic rings. The Bertz CT molecular complexity index is 603. The molecular weight excluding hydrogens is 312 g/mol. The number of ether oxygens (including phenoxy) is 2. The molecular formula is C14H15ClN2O5. The summed E-state index contributed by atoms with van der Waals surface area (Å²) in [5.41, 5.74) is 0.767. The maximum absolute atomic E-state index is 11.5. The Morgan fingerprint density at radius 2 is 2.45 bits per heavy atom. The number of rotatable bonds is 6. The molecule has 1 heterocycles. The van der Waals surface area contributed by atoms with Gasteiger partial charge in [-0.05, 0) is 25.1 Å². The fourth-order valence-electron chi connectivity index (χ4n) is 1.85. The minimum Gasteiger partial charge on any atom is -0.489 e. The topological polar surface area (TPSA) is 89.7 Å². The Kier molecular flexibility index (Phi) is 5.60. The van der Waals surface area contributed by atoms with E-state index >= 15 is 0 Å². The molecule has 1 atom stereocenters. The van der Waals surface area contributed by atoms with Gasteiger partial charge in [0.15, 0.2) is 11.8 Å². The lowest BCUT2D eigenvalue weighted by atomic mass is 10.2. The molecule has 2 rings (SSSR count). The summed E-state index contributed by atoms with van der Waals surface area (Å²) >= 11 is 5.87. The minimum atomic E-state index is -0.482. The molecule has 0 radical (unpaired) electrons. The van der Waals surface area contributed by atoms with E-state index in [0.717, 1.165) is 0 Å². The molecule has 0 fully saturated rings. The van der Waals surface area contributed by atoms with E-state index in [1.54, 1.807) is 25.1 Å². The summed E-state index contributed by atoms with van der Waals surface area (Å²) in [7, 11) is 0. The van der Waals surface area contributed by atoms with Gasteiger partial charge in [-0.1, -0.05) is 21.9 Å². The second-order valence-corrected chi connectivity index (χ2v) is 4.86. The molecule has 0 amide bonds. The zero-order valence-electron chi connectivity index (χ0n) is 11.9. The van der Waals surface area contributed by atoms with Crippen LogP contribution in [-0.2, 0) is 14.4 Å². The van der Waals surface area contributed by atoms with Gasteiger partial charge in [0.05, 0.1) is 12.8 Å². The van der Waals surface area contributed by atoms with Crippen LogP contribution >= 0.6 is 11.6 Å². The Balaban J connectivity index is 1.91. The van der Waals surface area contributed by atoms with Gasteiger partial charge in [0.1, 0.15) is 12.4 Å². The number of hydrogen-bond donors (Lipinski definition) is 1. The van der Waals surface area contributed by atoms with Gasteiger partial charge in [0, 0.05) is 17.0 Å². The minimum absolute atomic E-state index is 0.181. The molecule has 0 saturated carbocycles. The first-order valence-electron chi connectivity index (χ1n) is 6.63. The highest BCUT2D eigenvalue weighted by molar-refractivity contribution is 6.36. The van der Waals surface area contributed by atoms with E-state index in [4.69, 9.17) is 31.1 Å². The zero-order valence-corrected chi connectivity index (χ0v) is 12.6. The molecule has 8 heteroatoms.